The third kappa shape index (κ3) is 5.01. The Morgan fingerprint density at radius 2 is 1.87 bits per heavy atom. The van der Waals surface area contributed by atoms with Crippen LogP contribution in [0.25, 0.3) is 11.3 Å². The molecule has 0 bridgehead atoms. The summed E-state index contributed by atoms with van der Waals surface area (Å²) in [7, 11) is 0. The van der Waals surface area contributed by atoms with Gasteiger partial charge in [-0.2, -0.15) is 0 Å². The number of carbonyl (C=O) groups is 1. The lowest BCUT2D eigenvalue weighted by atomic mass is 10.1. The third-order valence-electron chi connectivity index (χ3n) is 4.56. The molecule has 0 aliphatic carbocycles. The molecule has 0 fully saturated rings. The van der Waals surface area contributed by atoms with Crippen molar-refractivity contribution in [2.24, 2.45) is 0 Å². The SMILES string of the molecule is CC(=O)N(c1nc(CSc2nc(-c3ccccc3)cs2)cs1)c1c(C)cc(C)cc1Cl. The first kappa shape index (κ1) is 22.0. The Bertz CT molecular complexity index is 1200. The zero-order valence-corrected chi connectivity index (χ0v) is 20.5. The Morgan fingerprint density at radius 1 is 1.10 bits per heavy atom. The van der Waals surface area contributed by atoms with E-state index in [0.29, 0.717) is 21.6 Å². The van der Waals surface area contributed by atoms with E-state index in [1.807, 2.05) is 49.6 Å². The van der Waals surface area contributed by atoms with Crippen molar-refractivity contribution in [1.82, 2.24) is 9.97 Å². The summed E-state index contributed by atoms with van der Waals surface area (Å²) in [5, 5.41) is 5.24. The molecule has 4 aromatic rings. The minimum atomic E-state index is -0.116. The average Bonchev–Trinajstić information content (AvgIpc) is 3.39. The highest BCUT2D eigenvalue weighted by Gasteiger charge is 2.22. The molecule has 0 radical (unpaired) electrons. The van der Waals surface area contributed by atoms with Gasteiger partial charge in [0.15, 0.2) is 9.47 Å². The molecule has 0 aliphatic heterocycles. The largest absolute Gasteiger partial charge is 0.274 e. The van der Waals surface area contributed by atoms with Crippen molar-refractivity contribution in [2.75, 3.05) is 4.90 Å². The molecule has 0 spiro atoms. The molecule has 0 unspecified atom stereocenters. The molecule has 1 amide bonds. The fraction of sp³-hybridized carbons (Fsp3) is 0.174. The first-order valence-corrected chi connectivity index (χ1v) is 12.7. The summed E-state index contributed by atoms with van der Waals surface area (Å²) >= 11 is 11.2. The van der Waals surface area contributed by atoms with Crippen LogP contribution in [0.3, 0.4) is 0 Å². The summed E-state index contributed by atoms with van der Waals surface area (Å²) in [5.41, 5.74) is 5.71. The lowest BCUT2D eigenvalue weighted by molar-refractivity contribution is -0.115. The van der Waals surface area contributed by atoms with Crippen molar-refractivity contribution in [2.45, 2.75) is 30.9 Å². The van der Waals surface area contributed by atoms with Crippen LogP contribution in [0.5, 0.6) is 0 Å². The summed E-state index contributed by atoms with van der Waals surface area (Å²) in [6, 6.07) is 14.0. The Balaban J connectivity index is 1.51. The van der Waals surface area contributed by atoms with Gasteiger partial charge in [0.25, 0.3) is 0 Å². The lowest BCUT2D eigenvalue weighted by Gasteiger charge is -2.22. The number of hydrogen-bond donors (Lipinski definition) is 0. The second-order valence-electron chi connectivity index (χ2n) is 7.04. The number of aromatic nitrogens is 2. The molecule has 8 heteroatoms. The maximum absolute atomic E-state index is 12.5. The van der Waals surface area contributed by atoms with Gasteiger partial charge in [0.2, 0.25) is 5.91 Å². The van der Waals surface area contributed by atoms with E-state index >= 15 is 0 Å². The van der Waals surface area contributed by atoms with Crippen LogP contribution in [0, 0.1) is 13.8 Å². The van der Waals surface area contributed by atoms with E-state index in [1.54, 1.807) is 28.0 Å². The highest BCUT2D eigenvalue weighted by Crippen LogP contribution is 2.38. The first-order chi connectivity index (χ1) is 14.9. The predicted octanol–water partition coefficient (Wildman–Crippen LogP) is 7.51. The van der Waals surface area contributed by atoms with Gasteiger partial charge >= 0.3 is 0 Å². The molecular weight excluding hydrogens is 466 g/mol. The fourth-order valence-corrected chi connectivity index (χ4v) is 6.36. The van der Waals surface area contributed by atoms with Crippen molar-refractivity contribution in [1.29, 1.82) is 0 Å². The van der Waals surface area contributed by atoms with E-state index in [2.05, 4.69) is 17.5 Å². The summed E-state index contributed by atoms with van der Waals surface area (Å²) in [4.78, 5) is 23.5. The normalized spacial score (nSPS) is 11.0. The Labute approximate surface area is 198 Å². The molecule has 2 aromatic heterocycles. The number of amides is 1. The van der Waals surface area contributed by atoms with Gasteiger partial charge < -0.3 is 0 Å². The lowest BCUT2D eigenvalue weighted by Crippen LogP contribution is -2.24. The Morgan fingerprint density at radius 3 is 2.58 bits per heavy atom. The zero-order valence-electron chi connectivity index (χ0n) is 17.3. The van der Waals surface area contributed by atoms with E-state index in [-0.39, 0.29) is 5.91 Å². The molecular formula is C23H20ClN3OS3. The third-order valence-corrected chi connectivity index (χ3v) is 7.78. The van der Waals surface area contributed by atoms with Gasteiger partial charge in [0, 0.05) is 29.0 Å². The molecule has 0 atom stereocenters. The Hall–Kier alpha value is -2.19. The number of hydrogen-bond acceptors (Lipinski definition) is 6. The number of aryl methyl sites for hydroxylation is 2. The number of halogens is 1. The molecule has 2 heterocycles. The van der Waals surface area contributed by atoms with E-state index < -0.39 is 0 Å². The molecule has 158 valence electrons. The van der Waals surface area contributed by atoms with Gasteiger partial charge in [0.05, 0.1) is 22.1 Å². The average molecular weight is 486 g/mol. The molecule has 4 rings (SSSR count). The smallest absolute Gasteiger partial charge is 0.230 e. The summed E-state index contributed by atoms with van der Waals surface area (Å²) < 4.78 is 0.995. The monoisotopic (exact) mass is 485 g/mol. The van der Waals surface area contributed by atoms with Gasteiger partial charge in [-0.3, -0.25) is 9.69 Å². The molecule has 0 N–H and O–H groups in total. The second-order valence-corrected chi connectivity index (χ2v) is 10.4. The van der Waals surface area contributed by atoms with Crippen LogP contribution < -0.4 is 4.90 Å². The number of nitrogens with zero attached hydrogens (tertiary/aromatic N) is 3. The topological polar surface area (TPSA) is 46.1 Å². The molecule has 31 heavy (non-hydrogen) atoms. The quantitative estimate of drug-likeness (QED) is 0.265. The highest BCUT2D eigenvalue weighted by atomic mass is 35.5. The minimum absolute atomic E-state index is 0.116. The van der Waals surface area contributed by atoms with E-state index in [4.69, 9.17) is 21.6 Å². The van der Waals surface area contributed by atoms with Gasteiger partial charge in [-0.05, 0) is 31.0 Å². The predicted molar refractivity (Wildman–Crippen MR) is 133 cm³/mol. The van der Waals surface area contributed by atoms with Gasteiger partial charge in [0.1, 0.15) is 0 Å². The zero-order chi connectivity index (χ0) is 22.0. The number of anilines is 2. The van der Waals surface area contributed by atoms with Crippen LogP contribution in [0.1, 0.15) is 23.7 Å². The van der Waals surface area contributed by atoms with E-state index in [1.165, 1.54) is 18.3 Å². The number of carbonyl (C=O) groups excluding carboxylic acids is 1. The summed E-state index contributed by atoms with van der Waals surface area (Å²) in [6.07, 6.45) is 0. The summed E-state index contributed by atoms with van der Waals surface area (Å²) in [6.45, 7) is 5.48. The van der Waals surface area contributed by atoms with Crippen LogP contribution >= 0.6 is 46.0 Å². The maximum atomic E-state index is 12.5. The first-order valence-electron chi connectivity index (χ1n) is 9.58. The van der Waals surface area contributed by atoms with Crippen molar-refractivity contribution in [3.63, 3.8) is 0 Å². The highest BCUT2D eigenvalue weighted by molar-refractivity contribution is 8.00. The fourth-order valence-electron chi connectivity index (χ4n) is 3.25. The van der Waals surface area contributed by atoms with Crippen molar-refractivity contribution >= 4 is 62.8 Å². The second kappa shape index (κ2) is 9.53. The van der Waals surface area contributed by atoms with Crippen LogP contribution in [0.4, 0.5) is 10.8 Å². The molecule has 0 saturated carbocycles. The van der Waals surface area contributed by atoms with E-state index in [0.717, 1.165) is 32.4 Å². The van der Waals surface area contributed by atoms with E-state index in [9.17, 15) is 4.79 Å². The molecule has 2 aromatic carbocycles. The van der Waals surface area contributed by atoms with Crippen molar-refractivity contribution in [3.8, 4) is 11.3 Å². The molecule has 0 saturated heterocycles. The van der Waals surface area contributed by atoms with Crippen LogP contribution in [-0.2, 0) is 10.5 Å². The standard InChI is InChI=1S/C23H20ClN3OS3/c1-14-9-15(2)21(19(24)10-14)27(16(3)28)22-25-18(11-29-22)12-30-23-26-20(13-31-23)17-7-5-4-6-8-17/h4-11,13H,12H2,1-3H3. The Kier molecular flexibility index (Phi) is 6.77. The van der Waals surface area contributed by atoms with Crippen molar-refractivity contribution < 1.29 is 4.79 Å². The number of benzene rings is 2. The van der Waals surface area contributed by atoms with Crippen LogP contribution in [0.15, 0.2) is 57.6 Å². The molecule has 0 aliphatic rings. The molecule has 4 nitrogen and oxygen atoms in total. The van der Waals surface area contributed by atoms with Gasteiger partial charge in [-0.1, -0.05) is 59.8 Å². The minimum Gasteiger partial charge on any atom is -0.274 e. The number of rotatable bonds is 6. The van der Waals surface area contributed by atoms with Gasteiger partial charge in [-0.15, -0.1) is 22.7 Å². The van der Waals surface area contributed by atoms with Crippen LogP contribution in [-0.4, -0.2) is 15.9 Å². The summed E-state index contributed by atoms with van der Waals surface area (Å²) in [5.74, 6) is 0.569. The van der Waals surface area contributed by atoms with Gasteiger partial charge in [-0.25, -0.2) is 9.97 Å². The van der Waals surface area contributed by atoms with Crippen LogP contribution in [0.2, 0.25) is 5.02 Å². The van der Waals surface area contributed by atoms with Crippen molar-refractivity contribution in [3.05, 3.63) is 75.1 Å². The number of thioether (sulfide) groups is 1. The number of thiazole rings is 2. The maximum Gasteiger partial charge on any atom is 0.230 e.